The molecule has 0 spiro atoms. The lowest BCUT2D eigenvalue weighted by molar-refractivity contribution is 0.192. The number of benzene rings is 1. The average molecular weight is 258 g/mol. The summed E-state index contributed by atoms with van der Waals surface area (Å²) < 4.78 is 8.16. The van der Waals surface area contributed by atoms with E-state index in [0.29, 0.717) is 12.6 Å². The first-order valence-corrected chi connectivity index (χ1v) is 6.57. The molecule has 5 nitrogen and oxygen atoms in total. The molecule has 0 fully saturated rings. The quantitative estimate of drug-likeness (QED) is 0.899. The largest absolute Gasteiger partial charge is 0.478 e. The maximum atomic E-state index is 6.04. The van der Waals surface area contributed by atoms with Gasteiger partial charge in [0.05, 0.1) is 12.2 Å². The van der Waals surface area contributed by atoms with E-state index in [4.69, 9.17) is 4.74 Å². The van der Waals surface area contributed by atoms with Crippen LogP contribution < -0.4 is 10.1 Å². The molecule has 1 aliphatic heterocycles. The number of ether oxygens (including phenoxy) is 1. The third-order valence-corrected chi connectivity index (χ3v) is 3.33. The van der Waals surface area contributed by atoms with Crippen LogP contribution in [0.15, 0.2) is 24.3 Å². The summed E-state index contributed by atoms with van der Waals surface area (Å²) in [5.74, 6) is 2.68. The number of anilines is 1. The van der Waals surface area contributed by atoms with Crippen molar-refractivity contribution in [3.05, 3.63) is 35.9 Å². The molecule has 1 aliphatic rings. The van der Waals surface area contributed by atoms with E-state index >= 15 is 0 Å². The zero-order valence-corrected chi connectivity index (χ0v) is 11.4. The minimum absolute atomic E-state index is 0.0986. The summed E-state index contributed by atoms with van der Waals surface area (Å²) in [5, 5.41) is 11.8. The van der Waals surface area contributed by atoms with E-state index in [9.17, 15) is 0 Å². The minimum atomic E-state index is -0.0986. The molecule has 5 heteroatoms. The predicted molar refractivity (Wildman–Crippen MR) is 73.4 cm³/mol. The van der Waals surface area contributed by atoms with Gasteiger partial charge >= 0.3 is 0 Å². The van der Waals surface area contributed by atoms with Gasteiger partial charge in [-0.05, 0) is 32.9 Å². The topological polar surface area (TPSA) is 52.0 Å². The van der Waals surface area contributed by atoms with Gasteiger partial charge in [0, 0.05) is 6.04 Å². The van der Waals surface area contributed by atoms with Crippen LogP contribution in [0.4, 0.5) is 5.69 Å². The van der Waals surface area contributed by atoms with E-state index in [1.165, 1.54) is 0 Å². The van der Waals surface area contributed by atoms with Crippen LogP contribution in [0.2, 0.25) is 0 Å². The molecule has 0 saturated heterocycles. The zero-order valence-electron chi connectivity index (χ0n) is 11.4. The van der Waals surface area contributed by atoms with Gasteiger partial charge in [-0.2, -0.15) is 0 Å². The Hall–Kier alpha value is -2.04. The molecule has 1 aromatic heterocycles. The van der Waals surface area contributed by atoms with Crippen LogP contribution in [0.25, 0.3) is 0 Å². The van der Waals surface area contributed by atoms with E-state index in [-0.39, 0.29) is 6.10 Å². The van der Waals surface area contributed by atoms with Crippen molar-refractivity contribution >= 4 is 5.69 Å². The van der Waals surface area contributed by atoms with Gasteiger partial charge in [0.2, 0.25) is 0 Å². The Bertz CT molecular complexity index is 591. The lowest BCUT2D eigenvalue weighted by atomic mass is 10.2. The predicted octanol–water partition coefficient (Wildman–Crippen LogP) is 2.71. The molecule has 2 aromatic rings. The molecule has 0 saturated carbocycles. The van der Waals surface area contributed by atoms with Gasteiger partial charge in [0.15, 0.2) is 11.9 Å². The Morgan fingerprint density at radius 3 is 2.89 bits per heavy atom. The lowest BCUT2D eigenvalue weighted by Gasteiger charge is -2.27. The molecular weight excluding hydrogens is 240 g/mol. The maximum Gasteiger partial charge on any atom is 0.176 e. The normalized spacial score (nSPS) is 17.8. The van der Waals surface area contributed by atoms with Gasteiger partial charge in [-0.3, -0.25) is 0 Å². The van der Waals surface area contributed by atoms with Gasteiger partial charge in [0.1, 0.15) is 11.6 Å². The van der Waals surface area contributed by atoms with Crippen molar-refractivity contribution in [2.75, 3.05) is 11.9 Å². The van der Waals surface area contributed by atoms with E-state index in [1.807, 2.05) is 31.2 Å². The highest BCUT2D eigenvalue weighted by Gasteiger charge is 2.26. The molecule has 1 atom stereocenters. The summed E-state index contributed by atoms with van der Waals surface area (Å²) in [4.78, 5) is 0. The number of para-hydroxylation sites is 2. The first-order chi connectivity index (χ1) is 9.16. The van der Waals surface area contributed by atoms with Crippen LogP contribution >= 0.6 is 0 Å². The van der Waals surface area contributed by atoms with Crippen LogP contribution in [0.3, 0.4) is 0 Å². The molecule has 100 valence electrons. The van der Waals surface area contributed by atoms with Crippen molar-refractivity contribution in [3.8, 4) is 5.75 Å². The van der Waals surface area contributed by atoms with Crippen LogP contribution in [-0.2, 0) is 0 Å². The fourth-order valence-electron chi connectivity index (χ4n) is 2.50. The second-order valence-corrected chi connectivity index (χ2v) is 5.05. The van der Waals surface area contributed by atoms with Crippen molar-refractivity contribution in [1.29, 1.82) is 0 Å². The number of rotatable bonds is 2. The SMILES string of the molecule is Cc1nnc(C2CNc3ccccc3O2)n1C(C)C. The standard InChI is InChI=1S/C14H18N4O/c1-9(2)18-10(3)16-17-14(18)13-8-15-11-6-4-5-7-12(11)19-13/h4-7,9,13,15H,8H2,1-3H3. The summed E-state index contributed by atoms with van der Waals surface area (Å²) in [6.07, 6.45) is -0.0986. The highest BCUT2D eigenvalue weighted by molar-refractivity contribution is 5.57. The smallest absolute Gasteiger partial charge is 0.176 e. The average Bonchev–Trinajstić information content (AvgIpc) is 2.80. The Kier molecular flexibility index (Phi) is 2.89. The molecule has 0 bridgehead atoms. The van der Waals surface area contributed by atoms with Gasteiger partial charge in [0.25, 0.3) is 0 Å². The fourth-order valence-corrected chi connectivity index (χ4v) is 2.50. The van der Waals surface area contributed by atoms with Crippen molar-refractivity contribution in [3.63, 3.8) is 0 Å². The third-order valence-electron chi connectivity index (χ3n) is 3.33. The van der Waals surface area contributed by atoms with E-state index in [0.717, 1.165) is 23.1 Å². The molecule has 1 N–H and O–H groups in total. The Morgan fingerprint density at radius 2 is 2.11 bits per heavy atom. The lowest BCUT2D eigenvalue weighted by Crippen LogP contribution is -2.27. The Labute approximate surface area is 112 Å². The third kappa shape index (κ3) is 2.05. The second-order valence-electron chi connectivity index (χ2n) is 5.05. The van der Waals surface area contributed by atoms with Crippen molar-refractivity contribution < 1.29 is 4.74 Å². The highest BCUT2D eigenvalue weighted by atomic mass is 16.5. The van der Waals surface area contributed by atoms with E-state index < -0.39 is 0 Å². The monoisotopic (exact) mass is 258 g/mol. The van der Waals surface area contributed by atoms with Gasteiger partial charge in [-0.1, -0.05) is 12.1 Å². The number of fused-ring (bicyclic) bond motifs is 1. The molecule has 0 radical (unpaired) electrons. The summed E-state index contributed by atoms with van der Waals surface area (Å²) in [7, 11) is 0. The summed E-state index contributed by atoms with van der Waals surface area (Å²) in [6, 6.07) is 8.28. The first-order valence-electron chi connectivity index (χ1n) is 6.57. The maximum absolute atomic E-state index is 6.04. The van der Waals surface area contributed by atoms with Crippen molar-refractivity contribution in [1.82, 2.24) is 14.8 Å². The molecule has 1 aromatic carbocycles. The van der Waals surface area contributed by atoms with Crippen LogP contribution in [0, 0.1) is 6.92 Å². The number of nitrogens with zero attached hydrogens (tertiary/aromatic N) is 3. The van der Waals surface area contributed by atoms with Crippen LogP contribution in [0.5, 0.6) is 5.75 Å². The van der Waals surface area contributed by atoms with Gasteiger partial charge in [-0.25, -0.2) is 0 Å². The molecule has 0 amide bonds. The van der Waals surface area contributed by atoms with Gasteiger partial charge in [-0.15, -0.1) is 10.2 Å². The fraction of sp³-hybridized carbons (Fsp3) is 0.429. The molecule has 1 unspecified atom stereocenters. The molecule has 19 heavy (non-hydrogen) atoms. The minimum Gasteiger partial charge on any atom is -0.478 e. The van der Waals surface area contributed by atoms with E-state index in [2.05, 4.69) is 33.9 Å². The zero-order chi connectivity index (χ0) is 13.4. The molecular formula is C14H18N4O. The Balaban J connectivity index is 1.93. The molecule has 3 rings (SSSR count). The Morgan fingerprint density at radius 1 is 1.32 bits per heavy atom. The first kappa shape index (κ1) is 12.0. The number of nitrogens with one attached hydrogen (secondary N) is 1. The number of aryl methyl sites for hydroxylation is 1. The van der Waals surface area contributed by atoms with Crippen molar-refractivity contribution in [2.24, 2.45) is 0 Å². The van der Waals surface area contributed by atoms with Crippen LogP contribution in [-0.4, -0.2) is 21.3 Å². The van der Waals surface area contributed by atoms with Crippen molar-refractivity contribution in [2.45, 2.75) is 32.9 Å². The second kappa shape index (κ2) is 4.57. The van der Waals surface area contributed by atoms with Crippen LogP contribution in [0.1, 0.15) is 37.6 Å². The number of hydrogen-bond donors (Lipinski definition) is 1. The highest BCUT2D eigenvalue weighted by Crippen LogP contribution is 2.33. The summed E-state index contributed by atoms with van der Waals surface area (Å²) >= 11 is 0. The summed E-state index contributed by atoms with van der Waals surface area (Å²) in [5.41, 5.74) is 1.03. The number of aromatic nitrogens is 3. The van der Waals surface area contributed by atoms with E-state index in [1.54, 1.807) is 0 Å². The molecule has 2 heterocycles. The summed E-state index contributed by atoms with van der Waals surface area (Å²) in [6.45, 7) is 6.94. The molecule has 0 aliphatic carbocycles. The van der Waals surface area contributed by atoms with Gasteiger partial charge < -0.3 is 14.6 Å². The number of hydrogen-bond acceptors (Lipinski definition) is 4.